The first-order chi connectivity index (χ1) is 11.6. The van der Waals surface area contributed by atoms with Gasteiger partial charge in [0.25, 0.3) is 5.91 Å². The molecule has 1 amide bonds. The van der Waals surface area contributed by atoms with Crippen LogP contribution in [0.3, 0.4) is 0 Å². The summed E-state index contributed by atoms with van der Waals surface area (Å²) in [6.07, 6.45) is 1.48. The number of carbonyl (C=O) groups excluding carboxylic acids is 2. The fourth-order valence-corrected chi connectivity index (χ4v) is 1.90. The Morgan fingerprint density at radius 1 is 1.12 bits per heavy atom. The van der Waals surface area contributed by atoms with Crippen molar-refractivity contribution in [1.29, 1.82) is 0 Å². The molecule has 1 N–H and O–H groups in total. The highest BCUT2D eigenvalue weighted by Gasteiger charge is 2.04. The van der Waals surface area contributed by atoms with Crippen molar-refractivity contribution in [2.24, 2.45) is 5.10 Å². The lowest BCUT2D eigenvalue weighted by Crippen LogP contribution is -2.24. The van der Waals surface area contributed by atoms with E-state index in [1.807, 2.05) is 25.1 Å². The van der Waals surface area contributed by atoms with E-state index in [0.717, 1.165) is 11.1 Å². The number of para-hydroxylation sites is 1. The zero-order valence-electron chi connectivity index (χ0n) is 13.5. The minimum absolute atomic E-state index is 0.122. The molecule has 0 atom stereocenters. The fourth-order valence-electron chi connectivity index (χ4n) is 1.90. The van der Waals surface area contributed by atoms with Crippen molar-refractivity contribution in [3.8, 4) is 5.75 Å². The largest absolute Gasteiger partial charge is 0.483 e. The Labute approximate surface area is 140 Å². The Hall–Kier alpha value is -3.15. The maximum atomic E-state index is 11.7. The van der Waals surface area contributed by atoms with Gasteiger partial charge in [0.15, 0.2) is 6.61 Å². The number of rotatable bonds is 6. The standard InChI is InChI=1S/C18H18N2O4/c1-13-5-3-4-6-16(13)24-12-17(21)20-19-11-14-7-9-15(10-8-14)18(22)23-2/h3-11H,12H2,1-2H3,(H,20,21)/b19-11-. The zero-order chi connectivity index (χ0) is 17.4. The molecule has 0 saturated heterocycles. The van der Waals surface area contributed by atoms with Gasteiger partial charge in [-0.15, -0.1) is 0 Å². The third-order valence-electron chi connectivity index (χ3n) is 3.19. The van der Waals surface area contributed by atoms with Gasteiger partial charge in [-0.3, -0.25) is 4.79 Å². The maximum Gasteiger partial charge on any atom is 0.337 e. The van der Waals surface area contributed by atoms with Gasteiger partial charge >= 0.3 is 5.97 Å². The maximum absolute atomic E-state index is 11.7. The first-order valence-corrected chi connectivity index (χ1v) is 7.29. The van der Waals surface area contributed by atoms with Gasteiger partial charge in [0.1, 0.15) is 5.75 Å². The predicted molar refractivity (Wildman–Crippen MR) is 90.2 cm³/mol. The van der Waals surface area contributed by atoms with Crippen molar-refractivity contribution in [2.75, 3.05) is 13.7 Å². The van der Waals surface area contributed by atoms with Crippen molar-refractivity contribution in [3.63, 3.8) is 0 Å². The van der Waals surface area contributed by atoms with E-state index < -0.39 is 5.97 Å². The SMILES string of the molecule is COC(=O)c1ccc(/C=N\NC(=O)COc2ccccc2C)cc1. The highest BCUT2D eigenvalue weighted by atomic mass is 16.5. The second-order valence-electron chi connectivity index (χ2n) is 4.96. The Bertz CT molecular complexity index is 739. The topological polar surface area (TPSA) is 77.0 Å². The number of ether oxygens (including phenoxy) is 2. The van der Waals surface area contributed by atoms with E-state index in [1.165, 1.54) is 13.3 Å². The summed E-state index contributed by atoms with van der Waals surface area (Å²) >= 11 is 0. The van der Waals surface area contributed by atoms with Crippen LogP contribution < -0.4 is 10.2 Å². The molecule has 2 aromatic carbocycles. The van der Waals surface area contributed by atoms with Crippen molar-refractivity contribution in [1.82, 2.24) is 5.43 Å². The van der Waals surface area contributed by atoms with E-state index in [1.54, 1.807) is 30.3 Å². The van der Waals surface area contributed by atoms with E-state index in [2.05, 4.69) is 15.3 Å². The lowest BCUT2D eigenvalue weighted by atomic mass is 10.1. The summed E-state index contributed by atoms with van der Waals surface area (Å²) in [5.41, 5.74) is 4.53. The van der Waals surface area contributed by atoms with Crippen LogP contribution in [0.4, 0.5) is 0 Å². The summed E-state index contributed by atoms with van der Waals surface area (Å²) in [4.78, 5) is 23.0. The van der Waals surface area contributed by atoms with Gasteiger partial charge in [-0.1, -0.05) is 30.3 Å². The van der Waals surface area contributed by atoms with Crippen LogP contribution in [0.15, 0.2) is 53.6 Å². The van der Waals surface area contributed by atoms with Gasteiger partial charge in [-0.25, -0.2) is 10.2 Å². The molecule has 0 unspecified atom stereocenters. The first-order valence-electron chi connectivity index (χ1n) is 7.29. The normalized spacial score (nSPS) is 10.4. The number of nitrogens with zero attached hydrogens (tertiary/aromatic N) is 1. The van der Waals surface area contributed by atoms with Crippen LogP contribution in [0, 0.1) is 6.92 Å². The molecule has 0 heterocycles. The van der Waals surface area contributed by atoms with Gasteiger partial charge in [0, 0.05) is 0 Å². The van der Waals surface area contributed by atoms with Crippen molar-refractivity contribution in [3.05, 3.63) is 65.2 Å². The molecular weight excluding hydrogens is 308 g/mol. The monoisotopic (exact) mass is 326 g/mol. The van der Waals surface area contributed by atoms with Crippen LogP contribution in [0.25, 0.3) is 0 Å². The molecule has 0 aliphatic rings. The molecular formula is C18H18N2O4. The molecule has 6 nitrogen and oxygen atoms in total. The number of methoxy groups -OCH3 is 1. The summed E-state index contributed by atoms with van der Waals surface area (Å²) in [5, 5.41) is 3.85. The minimum Gasteiger partial charge on any atom is -0.483 e. The number of esters is 1. The van der Waals surface area contributed by atoms with E-state index >= 15 is 0 Å². The average molecular weight is 326 g/mol. The molecule has 0 radical (unpaired) electrons. The van der Waals surface area contributed by atoms with Gasteiger partial charge in [0.2, 0.25) is 0 Å². The molecule has 0 fully saturated rings. The average Bonchev–Trinajstić information content (AvgIpc) is 2.61. The zero-order valence-corrected chi connectivity index (χ0v) is 13.5. The minimum atomic E-state index is -0.403. The summed E-state index contributed by atoms with van der Waals surface area (Å²) in [5.74, 6) is -0.101. The predicted octanol–water partition coefficient (Wildman–Crippen LogP) is 2.31. The molecule has 6 heteroatoms. The van der Waals surface area contributed by atoms with Crippen LogP contribution >= 0.6 is 0 Å². The van der Waals surface area contributed by atoms with E-state index in [4.69, 9.17) is 4.74 Å². The lowest BCUT2D eigenvalue weighted by molar-refractivity contribution is -0.123. The number of hydrazone groups is 1. The summed E-state index contributed by atoms with van der Waals surface area (Å²) in [7, 11) is 1.33. The smallest absolute Gasteiger partial charge is 0.337 e. The highest BCUT2D eigenvalue weighted by Crippen LogP contribution is 2.15. The second kappa shape index (κ2) is 8.47. The Morgan fingerprint density at radius 3 is 2.50 bits per heavy atom. The van der Waals surface area contributed by atoms with Crippen LogP contribution in [-0.2, 0) is 9.53 Å². The number of benzene rings is 2. The van der Waals surface area contributed by atoms with Crippen molar-refractivity contribution in [2.45, 2.75) is 6.92 Å². The van der Waals surface area contributed by atoms with Gasteiger partial charge in [-0.05, 0) is 36.2 Å². The highest BCUT2D eigenvalue weighted by molar-refractivity contribution is 5.90. The molecule has 2 rings (SSSR count). The van der Waals surface area contributed by atoms with Gasteiger partial charge in [-0.2, -0.15) is 5.10 Å². The Kier molecular flexibility index (Phi) is 6.08. The molecule has 0 aliphatic carbocycles. The van der Waals surface area contributed by atoms with Crippen LogP contribution in [-0.4, -0.2) is 31.8 Å². The molecule has 0 saturated carbocycles. The number of nitrogens with one attached hydrogen (secondary N) is 1. The molecule has 0 aromatic heterocycles. The molecule has 2 aromatic rings. The Morgan fingerprint density at radius 2 is 1.83 bits per heavy atom. The molecule has 0 spiro atoms. The number of carbonyl (C=O) groups is 2. The van der Waals surface area contributed by atoms with Crippen LogP contribution in [0.5, 0.6) is 5.75 Å². The van der Waals surface area contributed by atoms with Crippen molar-refractivity contribution >= 4 is 18.1 Å². The molecule has 124 valence electrons. The fraction of sp³-hybridized carbons (Fsp3) is 0.167. The van der Waals surface area contributed by atoms with Gasteiger partial charge < -0.3 is 9.47 Å². The van der Waals surface area contributed by atoms with Crippen molar-refractivity contribution < 1.29 is 19.1 Å². The third-order valence-corrected chi connectivity index (χ3v) is 3.19. The number of aryl methyl sites for hydroxylation is 1. The van der Waals surface area contributed by atoms with E-state index in [9.17, 15) is 9.59 Å². The second-order valence-corrected chi connectivity index (χ2v) is 4.96. The van der Waals surface area contributed by atoms with E-state index in [0.29, 0.717) is 11.3 Å². The summed E-state index contributed by atoms with van der Waals surface area (Å²) in [6.45, 7) is 1.78. The number of hydrogen-bond acceptors (Lipinski definition) is 5. The first kappa shape index (κ1) is 17.2. The van der Waals surface area contributed by atoms with Crippen LogP contribution in [0.2, 0.25) is 0 Å². The third kappa shape index (κ3) is 4.95. The van der Waals surface area contributed by atoms with Crippen LogP contribution in [0.1, 0.15) is 21.5 Å². The molecule has 24 heavy (non-hydrogen) atoms. The lowest BCUT2D eigenvalue weighted by Gasteiger charge is -2.07. The number of hydrogen-bond donors (Lipinski definition) is 1. The molecule has 0 aliphatic heterocycles. The summed E-state index contributed by atoms with van der Waals surface area (Å²) in [6, 6.07) is 14.1. The Balaban J connectivity index is 1.82. The summed E-state index contributed by atoms with van der Waals surface area (Å²) < 4.78 is 10.0. The quantitative estimate of drug-likeness (QED) is 0.502. The van der Waals surface area contributed by atoms with E-state index in [-0.39, 0.29) is 12.5 Å². The molecule has 0 bridgehead atoms. The van der Waals surface area contributed by atoms with Gasteiger partial charge in [0.05, 0.1) is 18.9 Å². The number of amides is 1.